The van der Waals surface area contributed by atoms with Crippen LogP contribution in [0.3, 0.4) is 0 Å². The van der Waals surface area contributed by atoms with Crippen molar-refractivity contribution >= 4 is 5.91 Å². The summed E-state index contributed by atoms with van der Waals surface area (Å²) in [6.45, 7) is 0.765. The fourth-order valence-corrected chi connectivity index (χ4v) is 1.44. The van der Waals surface area contributed by atoms with E-state index >= 15 is 0 Å². The molecule has 0 heterocycles. The van der Waals surface area contributed by atoms with Crippen LogP contribution in [0.1, 0.15) is 19.3 Å². The lowest BCUT2D eigenvalue weighted by Gasteiger charge is -2.34. The molecule has 1 aliphatic rings. The van der Waals surface area contributed by atoms with E-state index in [9.17, 15) is 4.79 Å². The van der Waals surface area contributed by atoms with Gasteiger partial charge in [-0.25, -0.2) is 0 Å². The van der Waals surface area contributed by atoms with Gasteiger partial charge in [0.25, 0.3) is 0 Å². The number of hydrogen-bond donors (Lipinski definition) is 2. The van der Waals surface area contributed by atoms with E-state index in [0.29, 0.717) is 18.6 Å². The highest BCUT2D eigenvalue weighted by atomic mass is 16.5. The Kier molecular flexibility index (Phi) is 4.18. The highest BCUT2D eigenvalue weighted by Gasteiger charge is 2.28. The van der Waals surface area contributed by atoms with Gasteiger partial charge in [0.2, 0.25) is 5.91 Å². The Morgan fingerprint density at radius 1 is 1.54 bits per heavy atom. The van der Waals surface area contributed by atoms with Gasteiger partial charge in [-0.3, -0.25) is 4.79 Å². The fraction of sp³-hybridized carbons (Fsp3) is 0.889. The van der Waals surface area contributed by atoms with Gasteiger partial charge in [-0.2, -0.15) is 0 Å². The van der Waals surface area contributed by atoms with Crippen molar-refractivity contribution in [3.8, 4) is 0 Å². The molecule has 1 fully saturated rings. The predicted molar refractivity (Wildman–Crippen MR) is 50.5 cm³/mol. The van der Waals surface area contributed by atoms with E-state index in [1.807, 2.05) is 0 Å². The summed E-state index contributed by atoms with van der Waals surface area (Å²) in [6.07, 6.45) is 3.14. The number of carbonyl (C=O) groups is 1. The van der Waals surface area contributed by atoms with Crippen LogP contribution in [-0.4, -0.2) is 38.8 Å². The second-order valence-electron chi connectivity index (χ2n) is 3.40. The zero-order chi connectivity index (χ0) is 9.68. The second-order valence-corrected chi connectivity index (χ2v) is 3.40. The minimum absolute atomic E-state index is 0.0927. The minimum atomic E-state index is 0.0927. The molecule has 1 saturated carbocycles. The molecule has 13 heavy (non-hydrogen) atoms. The van der Waals surface area contributed by atoms with Crippen molar-refractivity contribution in [2.75, 3.05) is 20.7 Å². The molecule has 0 aliphatic heterocycles. The fourth-order valence-electron chi connectivity index (χ4n) is 1.44. The number of methoxy groups -OCH3 is 1. The molecule has 4 nitrogen and oxygen atoms in total. The van der Waals surface area contributed by atoms with Gasteiger partial charge < -0.3 is 15.4 Å². The Morgan fingerprint density at radius 2 is 2.23 bits per heavy atom. The third kappa shape index (κ3) is 3.32. The second kappa shape index (κ2) is 5.19. The van der Waals surface area contributed by atoms with Gasteiger partial charge in [0, 0.05) is 33.2 Å². The summed E-state index contributed by atoms with van der Waals surface area (Å²) in [7, 11) is 3.40. The lowest BCUT2D eigenvalue weighted by atomic mass is 9.89. The Bertz CT molecular complexity index is 167. The van der Waals surface area contributed by atoms with Crippen LogP contribution in [0.15, 0.2) is 0 Å². The van der Waals surface area contributed by atoms with Crippen LogP contribution in [0.5, 0.6) is 0 Å². The van der Waals surface area contributed by atoms with Crippen molar-refractivity contribution in [3.63, 3.8) is 0 Å². The first kappa shape index (κ1) is 10.5. The Balaban J connectivity index is 1.93. The van der Waals surface area contributed by atoms with Gasteiger partial charge in [-0.15, -0.1) is 0 Å². The van der Waals surface area contributed by atoms with Crippen LogP contribution in [0.25, 0.3) is 0 Å². The maximum Gasteiger partial charge on any atom is 0.221 e. The predicted octanol–water partition coefficient (Wildman–Crippen LogP) is -0.110. The van der Waals surface area contributed by atoms with Crippen molar-refractivity contribution in [2.24, 2.45) is 0 Å². The zero-order valence-corrected chi connectivity index (χ0v) is 8.30. The van der Waals surface area contributed by atoms with Crippen LogP contribution in [0.2, 0.25) is 0 Å². The minimum Gasteiger partial charge on any atom is -0.381 e. The van der Waals surface area contributed by atoms with Gasteiger partial charge in [-0.05, 0) is 12.8 Å². The van der Waals surface area contributed by atoms with E-state index in [1.54, 1.807) is 14.2 Å². The van der Waals surface area contributed by atoms with Crippen molar-refractivity contribution < 1.29 is 9.53 Å². The van der Waals surface area contributed by atoms with Crippen molar-refractivity contribution in [1.82, 2.24) is 10.6 Å². The Morgan fingerprint density at radius 3 is 2.77 bits per heavy atom. The van der Waals surface area contributed by atoms with Crippen molar-refractivity contribution in [3.05, 3.63) is 0 Å². The van der Waals surface area contributed by atoms with Gasteiger partial charge in [0.05, 0.1) is 6.10 Å². The molecule has 0 spiro atoms. The summed E-state index contributed by atoms with van der Waals surface area (Å²) in [4.78, 5) is 10.8. The average Bonchev–Trinajstić information content (AvgIpc) is 2.08. The summed E-state index contributed by atoms with van der Waals surface area (Å²) in [5, 5.41) is 5.90. The summed E-state index contributed by atoms with van der Waals surface area (Å²) in [5.74, 6) is 0.0927. The molecular formula is C9H18N2O2. The summed E-state index contributed by atoms with van der Waals surface area (Å²) in [5.41, 5.74) is 0. The highest BCUT2D eigenvalue weighted by Crippen LogP contribution is 2.22. The molecule has 4 heteroatoms. The van der Waals surface area contributed by atoms with Crippen LogP contribution in [-0.2, 0) is 9.53 Å². The van der Waals surface area contributed by atoms with Crippen LogP contribution < -0.4 is 10.6 Å². The Hall–Kier alpha value is -0.610. The third-order valence-electron chi connectivity index (χ3n) is 2.49. The standard InChI is InChI=1S/C9H18N2O2/c1-10-9(12)3-4-11-7-5-8(6-7)13-2/h7-8,11H,3-6H2,1-2H3,(H,10,12). The van der Waals surface area contributed by atoms with E-state index in [0.717, 1.165) is 19.4 Å². The lowest BCUT2D eigenvalue weighted by molar-refractivity contribution is -0.120. The number of ether oxygens (including phenoxy) is 1. The topological polar surface area (TPSA) is 50.4 Å². The molecule has 0 radical (unpaired) electrons. The first-order valence-electron chi connectivity index (χ1n) is 4.73. The summed E-state index contributed by atoms with van der Waals surface area (Å²) < 4.78 is 5.15. The molecule has 1 aliphatic carbocycles. The van der Waals surface area contributed by atoms with Crippen LogP contribution in [0, 0.1) is 0 Å². The van der Waals surface area contributed by atoms with Crippen LogP contribution in [0.4, 0.5) is 0 Å². The smallest absolute Gasteiger partial charge is 0.221 e. The molecule has 0 aromatic carbocycles. The monoisotopic (exact) mass is 186 g/mol. The molecule has 1 rings (SSSR count). The highest BCUT2D eigenvalue weighted by molar-refractivity contribution is 5.75. The molecule has 0 unspecified atom stereocenters. The van der Waals surface area contributed by atoms with E-state index in [1.165, 1.54) is 0 Å². The number of rotatable bonds is 5. The first-order chi connectivity index (χ1) is 6.26. The van der Waals surface area contributed by atoms with Gasteiger partial charge in [-0.1, -0.05) is 0 Å². The number of carbonyl (C=O) groups excluding carboxylic acids is 1. The Labute approximate surface area is 79.0 Å². The molecule has 0 aromatic heterocycles. The normalized spacial score (nSPS) is 26.6. The zero-order valence-electron chi connectivity index (χ0n) is 8.30. The molecular weight excluding hydrogens is 168 g/mol. The SMILES string of the molecule is CNC(=O)CCNC1CC(OC)C1. The molecule has 0 saturated heterocycles. The molecule has 76 valence electrons. The molecule has 0 aromatic rings. The first-order valence-corrected chi connectivity index (χ1v) is 4.73. The lowest BCUT2D eigenvalue weighted by Crippen LogP contribution is -2.45. The van der Waals surface area contributed by atoms with Crippen molar-refractivity contribution in [1.29, 1.82) is 0 Å². The van der Waals surface area contributed by atoms with E-state index < -0.39 is 0 Å². The summed E-state index contributed by atoms with van der Waals surface area (Å²) >= 11 is 0. The largest absolute Gasteiger partial charge is 0.381 e. The van der Waals surface area contributed by atoms with Gasteiger partial charge in [0.15, 0.2) is 0 Å². The quantitative estimate of drug-likeness (QED) is 0.630. The molecule has 0 bridgehead atoms. The molecule has 1 amide bonds. The number of hydrogen-bond acceptors (Lipinski definition) is 3. The maximum absolute atomic E-state index is 10.8. The van der Waals surface area contributed by atoms with E-state index in [2.05, 4.69) is 10.6 Å². The van der Waals surface area contributed by atoms with Gasteiger partial charge >= 0.3 is 0 Å². The van der Waals surface area contributed by atoms with Crippen molar-refractivity contribution in [2.45, 2.75) is 31.4 Å². The van der Waals surface area contributed by atoms with Crippen LogP contribution >= 0.6 is 0 Å². The van der Waals surface area contributed by atoms with E-state index in [-0.39, 0.29) is 5.91 Å². The number of amides is 1. The summed E-state index contributed by atoms with van der Waals surface area (Å²) in [6, 6.07) is 0.551. The average molecular weight is 186 g/mol. The molecule has 2 N–H and O–H groups in total. The third-order valence-corrected chi connectivity index (χ3v) is 2.49. The van der Waals surface area contributed by atoms with E-state index in [4.69, 9.17) is 4.74 Å². The number of nitrogens with one attached hydrogen (secondary N) is 2. The van der Waals surface area contributed by atoms with Gasteiger partial charge in [0.1, 0.15) is 0 Å². The maximum atomic E-state index is 10.8. The molecule has 0 atom stereocenters.